The average molecular weight is 96.9 g/mol. The van der Waals surface area contributed by atoms with Gasteiger partial charge in [-0.1, -0.05) is 0 Å². The Morgan fingerprint density at radius 3 is 2.71 bits per heavy atom. The zero-order chi connectivity index (χ0) is 5.28. The van der Waals surface area contributed by atoms with E-state index in [4.69, 9.17) is 5.11 Å². The van der Waals surface area contributed by atoms with Gasteiger partial charge in [0, 0.05) is 6.07 Å². The van der Waals surface area contributed by atoms with Crippen molar-refractivity contribution in [3.63, 3.8) is 0 Å². The fraction of sp³-hybridized carbons (Fsp3) is 0. The van der Waals surface area contributed by atoms with Crippen molar-refractivity contribution in [3.8, 4) is 5.88 Å². The Morgan fingerprint density at radius 2 is 2.57 bits per heavy atom. The number of nitrogens with zero attached hydrogens (tertiary/aromatic N) is 1. The minimum absolute atomic E-state index is 0.0579. The second-order valence-electron chi connectivity index (χ2n) is 1.30. The molecule has 0 spiro atoms. The molecule has 0 aromatic carbocycles. The molecule has 0 bridgehead atoms. The zero-order valence-corrected chi connectivity index (χ0v) is 3.88. The van der Waals surface area contributed by atoms with Gasteiger partial charge in [-0.3, -0.25) is 0 Å². The lowest BCUT2D eigenvalue weighted by molar-refractivity contribution is 0.371. The van der Waals surface area contributed by atoms with Gasteiger partial charge in [0.2, 0.25) is 0 Å². The molecule has 3 nitrogen and oxygen atoms in total. The molecule has 0 amide bonds. The highest BCUT2D eigenvalue weighted by Gasteiger charge is 1.91. The van der Waals surface area contributed by atoms with Crippen molar-refractivity contribution in [2.75, 3.05) is 0 Å². The molecule has 1 heterocycles. The zero-order valence-electron chi connectivity index (χ0n) is 3.88. The van der Waals surface area contributed by atoms with Crippen LogP contribution in [-0.4, -0.2) is 18.1 Å². The van der Waals surface area contributed by atoms with E-state index in [1.807, 2.05) is 0 Å². The van der Waals surface area contributed by atoms with Crippen LogP contribution in [0.1, 0.15) is 0 Å². The molecule has 0 atom stereocenters. The summed E-state index contributed by atoms with van der Waals surface area (Å²) in [5.74, 6) is -0.0579. The van der Waals surface area contributed by atoms with Crippen LogP contribution >= 0.6 is 0 Å². The SMILES string of the molecule is Bc1cc(O)no1. The van der Waals surface area contributed by atoms with Crippen molar-refractivity contribution in [1.82, 2.24) is 5.16 Å². The minimum Gasteiger partial charge on any atom is -0.491 e. The van der Waals surface area contributed by atoms with Gasteiger partial charge in [0.1, 0.15) is 0 Å². The largest absolute Gasteiger partial charge is 0.491 e. The van der Waals surface area contributed by atoms with Crippen LogP contribution in [0, 0.1) is 0 Å². The second kappa shape index (κ2) is 1.29. The van der Waals surface area contributed by atoms with Crippen LogP contribution in [0.2, 0.25) is 0 Å². The lowest BCUT2D eigenvalue weighted by atomic mass is 10.1. The van der Waals surface area contributed by atoms with Gasteiger partial charge < -0.3 is 9.63 Å². The Bertz CT molecular complexity index is 145. The maximum Gasteiger partial charge on any atom is 0.250 e. The monoisotopic (exact) mass is 97.0 g/mol. The van der Waals surface area contributed by atoms with Crippen molar-refractivity contribution >= 4 is 13.5 Å². The van der Waals surface area contributed by atoms with Crippen LogP contribution < -0.4 is 5.66 Å². The third kappa shape index (κ3) is 0.736. The van der Waals surface area contributed by atoms with E-state index in [9.17, 15) is 0 Å². The van der Waals surface area contributed by atoms with E-state index in [1.165, 1.54) is 6.07 Å². The summed E-state index contributed by atoms with van der Waals surface area (Å²) in [4.78, 5) is 0. The summed E-state index contributed by atoms with van der Waals surface area (Å²) in [7, 11) is 1.72. The van der Waals surface area contributed by atoms with Crippen molar-refractivity contribution < 1.29 is 9.63 Å². The Balaban J connectivity index is 3.04. The first kappa shape index (κ1) is 4.24. The Kier molecular flexibility index (Phi) is 0.783. The van der Waals surface area contributed by atoms with Gasteiger partial charge in [-0.05, 0) is 5.16 Å². The molecule has 36 valence electrons. The Morgan fingerprint density at radius 1 is 1.86 bits per heavy atom. The summed E-state index contributed by atoms with van der Waals surface area (Å²) in [6.07, 6.45) is 0. The molecule has 7 heavy (non-hydrogen) atoms. The summed E-state index contributed by atoms with van der Waals surface area (Å²) < 4.78 is 4.46. The molecule has 0 unspecified atom stereocenters. The van der Waals surface area contributed by atoms with Crippen LogP contribution in [0.3, 0.4) is 0 Å². The highest BCUT2D eigenvalue weighted by molar-refractivity contribution is 6.29. The molecular formula is C3H4BNO2. The van der Waals surface area contributed by atoms with Gasteiger partial charge >= 0.3 is 0 Å². The van der Waals surface area contributed by atoms with E-state index in [-0.39, 0.29) is 5.88 Å². The quantitative estimate of drug-likeness (QED) is 0.406. The molecule has 1 rings (SSSR count). The second-order valence-corrected chi connectivity index (χ2v) is 1.30. The van der Waals surface area contributed by atoms with Gasteiger partial charge in [-0.2, -0.15) is 0 Å². The molecule has 1 aromatic heterocycles. The van der Waals surface area contributed by atoms with Gasteiger partial charge in [-0.25, -0.2) is 0 Å². The topological polar surface area (TPSA) is 46.3 Å². The average Bonchev–Trinajstić information content (AvgIpc) is 1.87. The first-order valence-corrected chi connectivity index (χ1v) is 1.91. The van der Waals surface area contributed by atoms with Gasteiger partial charge in [-0.15, -0.1) is 0 Å². The molecule has 0 radical (unpaired) electrons. The number of rotatable bonds is 0. The molecule has 0 aliphatic carbocycles. The fourth-order valence-electron chi connectivity index (χ4n) is 0.353. The third-order valence-corrected chi connectivity index (χ3v) is 0.616. The Hall–Kier alpha value is -0.925. The van der Waals surface area contributed by atoms with Crippen LogP contribution in [0.25, 0.3) is 0 Å². The molecule has 1 N–H and O–H groups in total. The van der Waals surface area contributed by atoms with Crippen molar-refractivity contribution in [3.05, 3.63) is 6.07 Å². The molecular weight excluding hydrogens is 92.8 g/mol. The molecule has 1 aromatic rings. The summed E-state index contributed by atoms with van der Waals surface area (Å²) in [6, 6.07) is 1.44. The van der Waals surface area contributed by atoms with Gasteiger partial charge in [0.15, 0.2) is 7.85 Å². The number of hydrogen-bond acceptors (Lipinski definition) is 3. The van der Waals surface area contributed by atoms with Crippen LogP contribution in [0.5, 0.6) is 5.88 Å². The molecule has 0 fully saturated rings. The standard InChI is InChI=1S/C3H4BNO2/c4-2-1-3(6)5-7-2/h1H,4H2,(H,5,6). The summed E-state index contributed by atoms with van der Waals surface area (Å²) in [5.41, 5.74) is 0.623. The maximum atomic E-state index is 8.45. The number of aromatic hydroxyl groups is 1. The molecule has 0 aliphatic rings. The predicted molar refractivity (Wildman–Crippen MR) is 26.3 cm³/mol. The van der Waals surface area contributed by atoms with E-state index < -0.39 is 0 Å². The van der Waals surface area contributed by atoms with Crippen LogP contribution in [0.15, 0.2) is 10.6 Å². The molecule has 0 aliphatic heterocycles. The summed E-state index contributed by atoms with van der Waals surface area (Å²) >= 11 is 0. The number of hydrogen-bond donors (Lipinski definition) is 1. The van der Waals surface area contributed by atoms with Crippen molar-refractivity contribution in [1.29, 1.82) is 0 Å². The lowest BCUT2D eigenvalue weighted by Crippen LogP contribution is -1.92. The highest BCUT2D eigenvalue weighted by Crippen LogP contribution is 1.95. The van der Waals surface area contributed by atoms with E-state index >= 15 is 0 Å². The molecule has 4 heteroatoms. The van der Waals surface area contributed by atoms with E-state index in [0.717, 1.165) is 0 Å². The van der Waals surface area contributed by atoms with Crippen molar-refractivity contribution in [2.45, 2.75) is 0 Å². The first-order chi connectivity index (χ1) is 3.29. The number of aromatic nitrogens is 1. The predicted octanol–water partition coefficient (Wildman–Crippen LogP) is -1.36. The Labute approximate surface area is 41.3 Å². The fourth-order valence-corrected chi connectivity index (χ4v) is 0.353. The summed E-state index contributed by atoms with van der Waals surface area (Å²) in [5, 5.41) is 11.6. The van der Waals surface area contributed by atoms with Gasteiger partial charge in [0.05, 0.1) is 5.66 Å². The van der Waals surface area contributed by atoms with E-state index in [1.54, 1.807) is 7.85 Å². The highest BCUT2D eigenvalue weighted by atomic mass is 16.5. The summed E-state index contributed by atoms with van der Waals surface area (Å²) in [6.45, 7) is 0. The smallest absolute Gasteiger partial charge is 0.250 e. The normalized spacial score (nSPS) is 9.14. The van der Waals surface area contributed by atoms with E-state index in [0.29, 0.717) is 5.66 Å². The van der Waals surface area contributed by atoms with Crippen LogP contribution in [-0.2, 0) is 0 Å². The minimum atomic E-state index is -0.0579. The maximum absolute atomic E-state index is 8.45. The molecule has 0 saturated carbocycles. The third-order valence-electron chi connectivity index (χ3n) is 0.616. The van der Waals surface area contributed by atoms with E-state index in [2.05, 4.69) is 9.68 Å². The first-order valence-electron chi connectivity index (χ1n) is 1.91. The van der Waals surface area contributed by atoms with Gasteiger partial charge in [0.25, 0.3) is 5.88 Å². The lowest BCUT2D eigenvalue weighted by Gasteiger charge is -1.64. The van der Waals surface area contributed by atoms with Crippen LogP contribution in [0.4, 0.5) is 0 Å². The molecule has 0 saturated heterocycles. The van der Waals surface area contributed by atoms with Crippen molar-refractivity contribution in [2.24, 2.45) is 0 Å².